The number of hydrogen-bond acceptors (Lipinski definition) is 4. The van der Waals surface area contributed by atoms with Gasteiger partial charge in [0.1, 0.15) is 16.5 Å². The first-order valence-corrected chi connectivity index (χ1v) is 11.8. The summed E-state index contributed by atoms with van der Waals surface area (Å²) in [6.07, 6.45) is 3.35. The van der Waals surface area contributed by atoms with E-state index in [1.807, 2.05) is 6.07 Å². The van der Waals surface area contributed by atoms with Crippen molar-refractivity contribution in [3.8, 4) is 0 Å². The van der Waals surface area contributed by atoms with Crippen LogP contribution in [0.4, 0.5) is 14.9 Å². The molecule has 0 bridgehead atoms. The van der Waals surface area contributed by atoms with Gasteiger partial charge in [-0.1, -0.05) is 36.4 Å². The molecule has 1 N–H and O–H groups in total. The molecule has 4 rings (SSSR count). The topological polar surface area (TPSA) is 69.7 Å². The van der Waals surface area contributed by atoms with Gasteiger partial charge in [0.05, 0.1) is 23.5 Å². The maximum Gasteiger partial charge on any atom is 0.322 e. The third-order valence-electron chi connectivity index (χ3n) is 6.89. The molecule has 2 aromatic carbocycles. The number of carbonyl (C=O) groups excluding carboxylic acids is 1. The summed E-state index contributed by atoms with van der Waals surface area (Å²) < 4.78 is 36.5. The number of amides is 2. The molecular weight excluding hydrogens is 417 g/mol. The molecule has 2 aromatic rings. The summed E-state index contributed by atoms with van der Waals surface area (Å²) >= 11 is 0. The SMILES string of the molecule is CN(C)C1(c2ccccc2)CCC2(CC1)CN(c1ccc(C[SH](=O)=O)cc1F)C(=O)N2. The Kier molecular flexibility index (Phi) is 5.79. The van der Waals surface area contributed by atoms with Crippen molar-refractivity contribution in [2.75, 3.05) is 25.5 Å². The predicted molar refractivity (Wildman–Crippen MR) is 119 cm³/mol. The van der Waals surface area contributed by atoms with E-state index in [1.165, 1.54) is 22.6 Å². The number of rotatable bonds is 5. The standard InChI is InChI=1S/C23H28FN3O3S/c1-26(2)23(18-6-4-3-5-7-18)12-10-22(11-13-23)16-27(21(28)25-22)20-9-8-17(14-19(20)24)15-31(29)30/h3-9,14,31H,10-13,15-16H2,1-2H3,(H,25,28). The predicted octanol–water partition coefficient (Wildman–Crippen LogP) is 3.24. The number of nitrogens with one attached hydrogen (secondary N) is 1. The smallest absolute Gasteiger partial charge is 0.322 e. The second kappa shape index (κ2) is 8.24. The van der Waals surface area contributed by atoms with E-state index in [4.69, 9.17) is 0 Å². The molecule has 2 amide bonds. The van der Waals surface area contributed by atoms with Crippen molar-refractivity contribution in [3.05, 3.63) is 65.5 Å². The van der Waals surface area contributed by atoms with E-state index in [9.17, 15) is 17.6 Å². The summed E-state index contributed by atoms with van der Waals surface area (Å²) in [7, 11) is 1.56. The number of halogens is 1. The number of urea groups is 1. The Morgan fingerprint density at radius 1 is 1.06 bits per heavy atom. The van der Waals surface area contributed by atoms with Crippen LogP contribution in [-0.2, 0) is 22.0 Å². The van der Waals surface area contributed by atoms with Crippen molar-refractivity contribution < 1.29 is 17.6 Å². The fourth-order valence-electron chi connectivity index (χ4n) is 5.09. The minimum atomic E-state index is -2.63. The molecule has 2 aliphatic rings. The first-order valence-electron chi connectivity index (χ1n) is 10.5. The lowest BCUT2D eigenvalue weighted by Gasteiger charge is -2.48. The Bertz CT molecular complexity index is 1040. The molecule has 1 heterocycles. The van der Waals surface area contributed by atoms with Crippen LogP contribution in [0.5, 0.6) is 0 Å². The average molecular weight is 446 g/mol. The maximum atomic E-state index is 14.7. The first-order chi connectivity index (χ1) is 14.7. The van der Waals surface area contributed by atoms with Crippen molar-refractivity contribution in [2.45, 2.75) is 42.5 Å². The third kappa shape index (κ3) is 4.06. The first kappa shape index (κ1) is 21.8. The van der Waals surface area contributed by atoms with Gasteiger partial charge in [-0.25, -0.2) is 17.6 Å². The van der Waals surface area contributed by atoms with Gasteiger partial charge in [0.25, 0.3) is 0 Å². The molecule has 8 heteroatoms. The molecule has 6 nitrogen and oxygen atoms in total. The van der Waals surface area contributed by atoms with Crippen LogP contribution in [0.25, 0.3) is 0 Å². The summed E-state index contributed by atoms with van der Waals surface area (Å²) in [5, 5.41) is 3.13. The van der Waals surface area contributed by atoms with Crippen LogP contribution in [0.1, 0.15) is 36.8 Å². The summed E-state index contributed by atoms with van der Waals surface area (Å²) in [6, 6.07) is 14.4. The lowest BCUT2D eigenvalue weighted by atomic mass is 9.69. The lowest BCUT2D eigenvalue weighted by Crippen LogP contribution is -2.54. The lowest BCUT2D eigenvalue weighted by molar-refractivity contribution is 0.0657. The van der Waals surface area contributed by atoms with Crippen LogP contribution in [0.2, 0.25) is 0 Å². The number of nitrogens with zero attached hydrogens (tertiary/aromatic N) is 2. The van der Waals surface area contributed by atoms with Crippen molar-refractivity contribution in [2.24, 2.45) is 0 Å². The van der Waals surface area contributed by atoms with E-state index in [0.717, 1.165) is 25.7 Å². The fourth-order valence-corrected chi connectivity index (χ4v) is 5.58. The van der Waals surface area contributed by atoms with Crippen molar-refractivity contribution in [1.82, 2.24) is 10.2 Å². The molecule has 1 saturated carbocycles. The van der Waals surface area contributed by atoms with Gasteiger partial charge in [-0.05, 0) is 63.0 Å². The third-order valence-corrected chi connectivity index (χ3v) is 7.52. The highest BCUT2D eigenvalue weighted by atomic mass is 32.2. The molecule has 0 radical (unpaired) electrons. The number of carbonyl (C=O) groups is 1. The summed E-state index contributed by atoms with van der Waals surface area (Å²) in [5.41, 5.74) is 1.35. The maximum absolute atomic E-state index is 14.7. The van der Waals surface area contributed by atoms with E-state index >= 15 is 0 Å². The van der Waals surface area contributed by atoms with Crippen LogP contribution in [0, 0.1) is 5.82 Å². The van der Waals surface area contributed by atoms with Crippen LogP contribution in [0.3, 0.4) is 0 Å². The van der Waals surface area contributed by atoms with E-state index in [0.29, 0.717) is 12.1 Å². The monoisotopic (exact) mass is 445 g/mol. The van der Waals surface area contributed by atoms with Gasteiger partial charge < -0.3 is 5.32 Å². The van der Waals surface area contributed by atoms with Crippen molar-refractivity contribution >= 4 is 22.4 Å². The Labute approximate surface area is 184 Å². The zero-order valence-electron chi connectivity index (χ0n) is 17.8. The van der Waals surface area contributed by atoms with Gasteiger partial charge in [-0.15, -0.1) is 0 Å². The molecular formula is C23H28FN3O3S. The average Bonchev–Trinajstić information content (AvgIpc) is 3.04. The summed E-state index contributed by atoms with van der Waals surface area (Å²) in [6.45, 7) is 0.399. The minimum absolute atomic E-state index is 0.0907. The highest BCUT2D eigenvalue weighted by molar-refractivity contribution is 7.71. The zero-order valence-corrected chi connectivity index (χ0v) is 18.7. The van der Waals surface area contributed by atoms with E-state index in [2.05, 4.69) is 48.6 Å². The molecule has 1 aliphatic heterocycles. The molecule has 0 aromatic heterocycles. The largest absolute Gasteiger partial charge is 0.330 e. The number of benzene rings is 2. The summed E-state index contributed by atoms with van der Waals surface area (Å²) in [5.74, 6) is -0.793. The Morgan fingerprint density at radius 3 is 2.32 bits per heavy atom. The molecule has 1 aliphatic carbocycles. The molecule has 2 fully saturated rings. The Balaban J connectivity index is 1.54. The van der Waals surface area contributed by atoms with Crippen LogP contribution in [-0.4, -0.2) is 45.5 Å². The number of hydrogen-bond donors (Lipinski definition) is 2. The van der Waals surface area contributed by atoms with Gasteiger partial charge in [0, 0.05) is 5.54 Å². The Morgan fingerprint density at radius 2 is 1.74 bits per heavy atom. The van der Waals surface area contributed by atoms with Gasteiger partial charge in [0.15, 0.2) is 0 Å². The zero-order chi connectivity index (χ0) is 22.2. The minimum Gasteiger partial charge on any atom is -0.330 e. The molecule has 1 saturated heterocycles. The molecule has 0 unspecified atom stereocenters. The summed E-state index contributed by atoms with van der Waals surface area (Å²) in [4.78, 5) is 16.5. The normalized spacial score (nSPS) is 26.1. The van der Waals surface area contributed by atoms with Crippen LogP contribution >= 0.6 is 0 Å². The van der Waals surface area contributed by atoms with Crippen LogP contribution < -0.4 is 10.2 Å². The van der Waals surface area contributed by atoms with Crippen LogP contribution in [0.15, 0.2) is 48.5 Å². The van der Waals surface area contributed by atoms with Gasteiger partial charge in [-0.3, -0.25) is 9.80 Å². The molecule has 1 spiro atoms. The Hall–Kier alpha value is -2.45. The van der Waals surface area contributed by atoms with E-state index < -0.39 is 22.1 Å². The second-order valence-corrected chi connectivity index (χ2v) is 9.85. The number of anilines is 1. The van der Waals surface area contributed by atoms with Crippen molar-refractivity contribution in [1.29, 1.82) is 0 Å². The molecule has 31 heavy (non-hydrogen) atoms. The second-order valence-electron chi connectivity index (χ2n) is 8.87. The highest BCUT2D eigenvalue weighted by Gasteiger charge is 2.50. The van der Waals surface area contributed by atoms with Gasteiger partial charge >= 0.3 is 6.03 Å². The van der Waals surface area contributed by atoms with E-state index in [-0.39, 0.29) is 23.0 Å². The quantitative estimate of drug-likeness (QED) is 0.694. The van der Waals surface area contributed by atoms with Crippen molar-refractivity contribution in [3.63, 3.8) is 0 Å². The number of thiol groups is 1. The highest BCUT2D eigenvalue weighted by Crippen LogP contribution is 2.46. The molecule has 0 atom stereocenters. The van der Waals surface area contributed by atoms with Gasteiger partial charge in [0.2, 0.25) is 0 Å². The fraction of sp³-hybridized carbons (Fsp3) is 0.435. The molecule has 166 valence electrons. The van der Waals surface area contributed by atoms with E-state index in [1.54, 1.807) is 6.07 Å². The van der Waals surface area contributed by atoms with Gasteiger partial charge in [-0.2, -0.15) is 0 Å².